The zero-order valence-electron chi connectivity index (χ0n) is 36.5. The van der Waals surface area contributed by atoms with Crippen molar-refractivity contribution in [3.05, 3.63) is 254 Å². The van der Waals surface area contributed by atoms with Crippen LogP contribution in [-0.2, 0) is 5.41 Å². The van der Waals surface area contributed by atoms with E-state index in [-0.39, 0.29) is 5.41 Å². The van der Waals surface area contributed by atoms with Crippen LogP contribution >= 0.6 is 0 Å². The van der Waals surface area contributed by atoms with Crippen LogP contribution in [0.1, 0.15) is 25.0 Å². The molecule has 1 aromatic heterocycles. The molecule has 0 fully saturated rings. The molecule has 0 N–H and O–H groups in total. The van der Waals surface area contributed by atoms with E-state index in [4.69, 9.17) is 0 Å². The van der Waals surface area contributed by atoms with Gasteiger partial charge in [-0.15, -0.1) is 0 Å². The van der Waals surface area contributed by atoms with Gasteiger partial charge in [-0.3, -0.25) is 0 Å². The van der Waals surface area contributed by atoms with Gasteiger partial charge in [-0.1, -0.05) is 208 Å². The van der Waals surface area contributed by atoms with E-state index in [1.165, 1.54) is 88.6 Å². The van der Waals surface area contributed by atoms with Gasteiger partial charge in [0, 0.05) is 44.5 Å². The first-order valence-electron chi connectivity index (χ1n) is 22.6. The first-order valence-corrected chi connectivity index (χ1v) is 22.6. The van der Waals surface area contributed by atoms with Gasteiger partial charge in [0.15, 0.2) is 0 Å². The van der Waals surface area contributed by atoms with Crippen molar-refractivity contribution in [1.82, 2.24) is 4.57 Å². The summed E-state index contributed by atoms with van der Waals surface area (Å²) in [5.74, 6) is 0. The Morgan fingerprint density at radius 3 is 1.52 bits per heavy atom. The topological polar surface area (TPSA) is 8.17 Å². The molecule has 0 spiro atoms. The van der Waals surface area contributed by atoms with Crippen LogP contribution in [0.25, 0.3) is 83.1 Å². The molecule has 0 saturated carbocycles. The lowest BCUT2D eigenvalue weighted by Gasteiger charge is -2.28. The largest absolute Gasteiger partial charge is 0.310 e. The molecule has 65 heavy (non-hydrogen) atoms. The van der Waals surface area contributed by atoms with Crippen molar-refractivity contribution in [2.45, 2.75) is 19.3 Å². The van der Waals surface area contributed by atoms with Gasteiger partial charge in [-0.05, 0) is 110 Å². The van der Waals surface area contributed by atoms with E-state index in [0.29, 0.717) is 0 Å². The van der Waals surface area contributed by atoms with Gasteiger partial charge in [0.05, 0.1) is 11.2 Å². The second-order valence-electron chi connectivity index (χ2n) is 17.7. The zero-order valence-corrected chi connectivity index (χ0v) is 36.5. The highest BCUT2D eigenvalue weighted by atomic mass is 15.1. The molecule has 1 aliphatic rings. The summed E-state index contributed by atoms with van der Waals surface area (Å²) in [7, 11) is 0. The predicted octanol–water partition coefficient (Wildman–Crippen LogP) is 17.2. The summed E-state index contributed by atoms with van der Waals surface area (Å²) in [4.78, 5) is 2.41. The van der Waals surface area contributed by atoms with E-state index in [1.807, 2.05) is 0 Å². The highest BCUT2D eigenvalue weighted by Crippen LogP contribution is 2.51. The van der Waals surface area contributed by atoms with Crippen molar-refractivity contribution in [2.75, 3.05) is 4.90 Å². The lowest BCUT2D eigenvalue weighted by atomic mass is 9.82. The van der Waals surface area contributed by atoms with Crippen LogP contribution in [0.5, 0.6) is 0 Å². The Kier molecular flexibility index (Phi) is 9.21. The molecule has 0 unspecified atom stereocenters. The Morgan fingerprint density at radius 2 is 0.846 bits per heavy atom. The second kappa shape index (κ2) is 15.6. The van der Waals surface area contributed by atoms with E-state index in [9.17, 15) is 0 Å². The van der Waals surface area contributed by atoms with E-state index in [2.05, 4.69) is 266 Å². The Morgan fingerprint density at radius 1 is 0.338 bits per heavy atom. The summed E-state index contributed by atoms with van der Waals surface area (Å²) in [6, 6.07) is 88.7. The van der Waals surface area contributed by atoms with Crippen LogP contribution in [0, 0.1) is 0 Å². The molecule has 1 aliphatic carbocycles. The molecule has 0 radical (unpaired) electrons. The molecule has 2 heteroatoms. The van der Waals surface area contributed by atoms with Crippen LogP contribution in [0.4, 0.5) is 17.1 Å². The molecule has 0 amide bonds. The minimum atomic E-state index is -0.113. The summed E-state index contributed by atoms with van der Waals surface area (Å²) < 4.78 is 2.49. The summed E-state index contributed by atoms with van der Waals surface area (Å²) in [6.45, 7) is 4.71. The molecule has 2 nitrogen and oxygen atoms in total. The van der Waals surface area contributed by atoms with Gasteiger partial charge in [0.25, 0.3) is 0 Å². The standard InChI is InChI=1S/C63H46N2/c1-63(2)58-29-16-15-26-54(58)55-39-38-51(42-59(55)63)64(49-34-30-44(31-35-49)43-18-7-3-8-19-43)50-36-32-45(33-37-50)52-27-17-28-56-53(52)40-41-57-60(46-20-9-4-10-21-46)61(47-22-11-5-12-23-47)65(62(56)57)48-24-13-6-14-25-48/h3-42H,1-2H3. The summed E-state index contributed by atoms with van der Waals surface area (Å²) in [6.07, 6.45) is 0. The minimum absolute atomic E-state index is 0.113. The molecule has 0 aliphatic heterocycles. The molecule has 1 heterocycles. The summed E-state index contributed by atoms with van der Waals surface area (Å²) >= 11 is 0. The van der Waals surface area contributed by atoms with Crippen molar-refractivity contribution in [2.24, 2.45) is 0 Å². The maximum Gasteiger partial charge on any atom is 0.0620 e. The normalized spacial score (nSPS) is 12.6. The number of hydrogen-bond acceptors (Lipinski definition) is 1. The quantitative estimate of drug-likeness (QED) is 0.148. The lowest BCUT2D eigenvalue weighted by Crippen LogP contribution is -2.16. The van der Waals surface area contributed by atoms with Crippen molar-refractivity contribution < 1.29 is 0 Å². The van der Waals surface area contributed by atoms with E-state index in [0.717, 1.165) is 22.7 Å². The lowest BCUT2D eigenvalue weighted by molar-refractivity contribution is 0.660. The fourth-order valence-corrected chi connectivity index (χ4v) is 10.5. The van der Waals surface area contributed by atoms with Crippen LogP contribution in [0.2, 0.25) is 0 Å². The molecule has 12 rings (SSSR count). The third kappa shape index (κ3) is 6.40. The van der Waals surface area contributed by atoms with Gasteiger partial charge in [-0.2, -0.15) is 0 Å². The van der Waals surface area contributed by atoms with Gasteiger partial charge in [0.2, 0.25) is 0 Å². The highest BCUT2D eigenvalue weighted by Gasteiger charge is 2.36. The highest BCUT2D eigenvalue weighted by molar-refractivity contribution is 6.18. The second-order valence-corrected chi connectivity index (χ2v) is 17.7. The first kappa shape index (κ1) is 38.5. The van der Waals surface area contributed by atoms with Crippen LogP contribution < -0.4 is 4.90 Å². The van der Waals surface area contributed by atoms with Crippen LogP contribution in [0.3, 0.4) is 0 Å². The Hall–Kier alpha value is -8.20. The Bertz CT molecular complexity index is 3510. The monoisotopic (exact) mass is 830 g/mol. The Labute approximate surface area is 381 Å². The molecule has 308 valence electrons. The van der Waals surface area contributed by atoms with Gasteiger partial charge < -0.3 is 9.47 Å². The Balaban J connectivity index is 1.01. The molecular weight excluding hydrogens is 785 g/mol. The van der Waals surface area contributed by atoms with Gasteiger partial charge in [0.1, 0.15) is 0 Å². The van der Waals surface area contributed by atoms with E-state index < -0.39 is 0 Å². The number of para-hydroxylation sites is 1. The molecular formula is C63H46N2. The number of benzene rings is 10. The molecule has 0 saturated heterocycles. The van der Waals surface area contributed by atoms with E-state index in [1.54, 1.807) is 0 Å². The predicted molar refractivity (Wildman–Crippen MR) is 275 cm³/mol. The van der Waals surface area contributed by atoms with Crippen molar-refractivity contribution in [3.8, 4) is 61.5 Å². The van der Waals surface area contributed by atoms with Crippen LogP contribution in [-0.4, -0.2) is 4.57 Å². The maximum atomic E-state index is 2.49. The first-order chi connectivity index (χ1) is 32.0. The smallest absolute Gasteiger partial charge is 0.0620 e. The number of anilines is 3. The molecule has 11 aromatic rings. The fourth-order valence-electron chi connectivity index (χ4n) is 10.5. The van der Waals surface area contributed by atoms with Crippen molar-refractivity contribution >= 4 is 38.7 Å². The molecule has 0 atom stereocenters. The van der Waals surface area contributed by atoms with E-state index >= 15 is 0 Å². The average molecular weight is 831 g/mol. The average Bonchev–Trinajstić information content (AvgIpc) is 3.84. The number of aromatic nitrogens is 1. The third-order valence-corrected chi connectivity index (χ3v) is 13.6. The fraction of sp³-hybridized carbons (Fsp3) is 0.0476. The SMILES string of the molecule is CC1(C)c2ccccc2-c2ccc(N(c3ccc(-c4ccccc4)cc3)c3ccc(-c4cccc5c4ccc4c(-c6ccccc6)c(-c6ccccc6)n(-c6ccccc6)c45)cc3)cc21. The van der Waals surface area contributed by atoms with Gasteiger partial charge >= 0.3 is 0 Å². The van der Waals surface area contributed by atoms with Crippen molar-refractivity contribution in [1.29, 1.82) is 0 Å². The number of hydrogen-bond donors (Lipinski definition) is 0. The molecule has 10 aromatic carbocycles. The van der Waals surface area contributed by atoms with Crippen LogP contribution in [0.15, 0.2) is 243 Å². The summed E-state index contributed by atoms with van der Waals surface area (Å²) in [5.41, 5.74) is 20.6. The maximum absolute atomic E-state index is 2.49. The summed E-state index contributed by atoms with van der Waals surface area (Å²) in [5, 5.41) is 3.66. The minimum Gasteiger partial charge on any atom is -0.310 e. The number of nitrogens with zero attached hydrogens (tertiary/aromatic N) is 2. The van der Waals surface area contributed by atoms with Crippen molar-refractivity contribution in [3.63, 3.8) is 0 Å². The number of rotatable bonds is 8. The third-order valence-electron chi connectivity index (χ3n) is 13.6. The van der Waals surface area contributed by atoms with Gasteiger partial charge in [-0.25, -0.2) is 0 Å². The number of fused-ring (bicyclic) bond motifs is 6. The molecule has 0 bridgehead atoms. The zero-order chi connectivity index (χ0) is 43.5.